The summed E-state index contributed by atoms with van der Waals surface area (Å²) in [6.07, 6.45) is 0. The maximum Gasteiger partial charge on any atom is 0.182 e. The zero-order valence-electron chi connectivity index (χ0n) is 63.7. The van der Waals surface area contributed by atoms with Crippen molar-refractivity contribution in [1.82, 2.24) is 39.5 Å². The Kier molecular flexibility index (Phi) is 14.2. The lowest BCUT2D eigenvalue weighted by Gasteiger charge is -2.39. The molecule has 0 bridgehead atoms. The fourth-order valence-electron chi connectivity index (χ4n) is 20.6. The molecule has 2 spiro atoms. The van der Waals surface area contributed by atoms with Crippen LogP contribution in [0.2, 0.25) is 0 Å². The first kappa shape index (κ1) is 65.9. The van der Waals surface area contributed by atoms with E-state index >= 15 is 0 Å². The number of hydrogen-bond acceptors (Lipinski definition) is 6. The van der Waals surface area contributed by atoms with Crippen molar-refractivity contribution in [2.24, 2.45) is 0 Å². The number of benzene rings is 17. The van der Waals surface area contributed by atoms with Crippen LogP contribution in [0.1, 0.15) is 44.5 Å². The lowest BCUT2D eigenvalue weighted by molar-refractivity contribution is 0.748. The Hall–Kier alpha value is -15.6. The van der Waals surface area contributed by atoms with Gasteiger partial charge in [0.15, 0.2) is 11.6 Å². The van der Waals surface area contributed by atoms with Gasteiger partial charge in [-0.1, -0.05) is 358 Å². The molecule has 6 heterocycles. The highest BCUT2D eigenvalue weighted by molar-refractivity contribution is 6.15. The predicted octanol–water partition coefficient (Wildman–Crippen LogP) is 26.3. The van der Waals surface area contributed by atoms with Crippen molar-refractivity contribution in [3.8, 4) is 146 Å². The summed E-state index contributed by atoms with van der Waals surface area (Å²) in [6, 6.07) is 146. The fraction of sp³-hybridized carbons (Fsp3) is 0.0182. The second-order valence-electron chi connectivity index (χ2n) is 31.5. The van der Waals surface area contributed by atoms with Crippen molar-refractivity contribution in [2.45, 2.75) is 10.8 Å². The number of hydrogen-bond donors (Lipinski definition) is 0. The Bertz CT molecular complexity index is 7780. The van der Waals surface area contributed by atoms with E-state index in [0.717, 1.165) is 95.0 Å². The largest absolute Gasteiger partial charge is 0.309 e. The zero-order chi connectivity index (χ0) is 77.3. The molecule has 0 saturated heterocycles. The highest BCUT2D eigenvalue weighted by Crippen LogP contribution is 2.64. The molecule has 8 heteroatoms. The molecular weight excluding hydrogens is 1430 g/mol. The fourth-order valence-corrected chi connectivity index (χ4v) is 20.6. The predicted molar refractivity (Wildman–Crippen MR) is 478 cm³/mol. The molecule has 0 N–H and O–H groups in total. The van der Waals surface area contributed by atoms with Gasteiger partial charge in [-0.05, 0) is 154 Å². The monoisotopic (exact) mass is 1500 g/mol. The molecule has 118 heavy (non-hydrogen) atoms. The van der Waals surface area contributed by atoms with Crippen LogP contribution in [0.3, 0.4) is 0 Å². The molecule has 0 saturated carbocycles. The second kappa shape index (κ2) is 25.4. The molecule has 4 aromatic heterocycles. The first-order chi connectivity index (χ1) is 58.5. The molecule has 17 aromatic carbocycles. The minimum Gasteiger partial charge on any atom is -0.309 e. The first-order valence-corrected chi connectivity index (χ1v) is 40.4. The van der Waals surface area contributed by atoms with E-state index in [1.54, 1.807) is 0 Å². The Morgan fingerprint density at radius 2 is 0.542 bits per heavy atom. The lowest BCUT2D eigenvalue weighted by atomic mass is 9.65. The molecule has 8 nitrogen and oxygen atoms in total. The van der Waals surface area contributed by atoms with E-state index in [1.165, 1.54) is 122 Å². The molecule has 21 aromatic rings. The number of aromatic nitrogens is 8. The third-order valence-corrected chi connectivity index (χ3v) is 25.7. The van der Waals surface area contributed by atoms with Gasteiger partial charge in [0.05, 0.1) is 44.3 Å². The molecule has 2 atom stereocenters. The molecule has 0 radical (unpaired) electrons. The van der Waals surface area contributed by atoms with Gasteiger partial charge >= 0.3 is 0 Å². The van der Waals surface area contributed by atoms with Gasteiger partial charge in [-0.3, -0.25) is 0 Å². The molecule has 2 aliphatic heterocycles. The number of nitrogens with zero attached hydrogens (tertiary/aromatic N) is 8. The maximum absolute atomic E-state index is 5.40. The van der Waals surface area contributed by atoms with Gasteiger partial charge in [0.1, 0.15) is 22.8 Å². The normalized spacial score (nSPS) is 14.8. The highest BCUT2D eigenvalue weighted by Gasteiger charge is 2.53. The van der Waals surface area contributed by atoms with Gasteiger partial charge in [-0.2, -0.15) is 0 Å². The van der Waals surface area contributed by atoms with Crippen LogP contribution in [0.5, 0.6) is 0 Å². The number of rotatable bonds is 10. The average molecular weight is 1500 g/mol. The van der Waals surface area contributed by atoms with E-state index in [0.29, 0.717) is 17.3 Å². The number of para-hydroxylation sites is 5. The Labute approximate surface area is 680 Å². The summed E-state index contributed by atoms with van der Waals surface area (Å²) < 4.78 is 5.04. The molecular formula is C110H66N8. The van der Waals surface area contributed by atoms with Crippen LogP contribution in [0.25, 0.3) is 190 Å². The van der Waals surface area contributed by atoms with E-state index in [9.17, 15) is 0 Å². The van der Waals surface area contributed by atoms with Crippen LogP contribution in [-0.2, 0) is 10.8 Å². The molecule has 4 aliphatic rings. The SMILES string of the molecule is c1ccc(-c2nnc(-c3ccc(-c4ccc5c(c4)-c4ccccc4C54c5ccccc5-n5c6ccc(-c7ccc(-c8nnc(-c9ccc(-c%10ccccc%10-c%10ccc%11c(c%10)C%10(c%12ccccc%12-%11)c%11ccccc%11-n%11c%12ccccc%12c%12cccc%10c%12%11)cc9)nc8-c8ccccc8)cc7)cc6c6cccc4c65)cc3)c(-c3ccccc3)n2)cc1. The maximum atomic E-state index is 5.40. The molecule has 2 unspecified atom stereocenters. The van der Waals surface area contributed by atoms with Crippen molar-refractivity contribution in [2.75, 3.05) is 0 Å². The van der Waals surface area contributed by atoms with Gasteiger partial charge in [0.25, 0.3) is 0 Å². The van der Waals surface area contributed by atoms with E-state index in [2.05, 4.69) is 360 Å². The smallest absolute Gasteiger partial charge is 0.182 e. The Balaban J connectivity index is 0.535. The van der Waals surface area contributed by atoms with Crippen molar-refractivity contribution >= 4 is 43.6 Å². The van der Waals surface area contributed by atoms with Gasteiger partial charge in [0, 0.05) is 54.9 Å². The second-order valence-corrected chi connectivity index (χ2v) is 31.5. The summed E-state index contributed by atoms with van der Waals surface area (Å²) in [5.41, 5.74) is 39.2. The van der Waals surface area contributed by atoms with Crippen LogP contribution in [0.15, 0.2) is 400 Å². The topological polar surface area (TPSA) is 87.2 Å². The minimum absolute atomic E-state index is 0.556. The summed E-state index contributed by atoms with van der Waals surface area (Å²) in [6.45, 7) is 0. The Morgan fingerprint density at radius 1 is 0.178 bits per heavy atom. The molecule has 0 fully saturated rings. The van der Waals surface area contributed by atoms with Crippen LogP contribution in [0, 0.1) is 0 Å². The standard InChI is InChI=1S/C110H66N8/c1-4-24-70(25-5-1)101-103(113-115-107(111-101)74-28-8-3-9-29-74)72-52-46-67(47-53-72)76-59-62-91-87(64-76)82-33-13-16-38-90(82)109(91)92-39-17-20-44-99(92)118-98-63-60-77(65-88(98)86-36-23-41-94(109)106(86)118)68-48-54-73(55-49-68)104-102(71-26-6-2-7-27-71)112-108(116-114-104)75-56-50-69(51-57-75)79-30-10-11-31-80(79)78-58-61-83-81-32-12-15-37-89(81)110(96(83)66-78)93-40-18-21-45-100(93)117-97-43-19-14-34-84(97)85-35-22-42-95(110)105(85)117/h1-66H. The van der Waals surface area contributed by atoms with E-state index in [1.807, 2.05) is 54.6 Å². The lowest BCUT2D eigenvalue weighted by Crippen LogP contribution is -2.33. The van der Waals surface area contributed by atoms with Gasteiger partial charge < -0.3 is 9.13 Å². The van der Waals surface area contributed by atoms with Crippen LogP contribution in [-0.4, -0.2) is 39.5 Å². The minimum atomic E-state index is -0.595. The van der Waals surface area contributed by atoms with Crippen molar-refractivity contribution in [1.29, 1.82) is 0 Å². The first-order valence-electron chi connectivity index (χ1n) is 40.4. The van der Waals surface area contributed by atoms with Crippen molar-refractivity contribution < 1.29 is 0 Å². The third kappa shape index (κ3) is 9.36. The van der Waals surface area contributed by atoms with E-state index < -0.39 is 10.8 Å². The van der Waals surface area contributed by atoms with E-state index in [-0.39, 0.29) is 0 Å². The van der Waals surface area contributed by atoms with Crippen molar-refractivity contribution in [3.05, 3.63) is 445 Å². The third-order valence-electron chi connectivity index (χ3n) is 25.7. The van der Waals surface area contributed by atoms with Gasteiger partial charge in [0.2, 0.25) is 0 Å². The molecule has 25 rings (SSSR count). The highest BCUT2D eigenvalue weighted by atomic mass is 15.2. The van der Waals surface area contributed by atoms with Crippen LogP contribution >= 0.6 is 0 Å². The molecule has 0 amide bonds. The van der Waals surface area contributed by atoms with Crippen LogP contribution < -0.4 is 0 Å². The van der Waals surface area contributed by atoms with Crippen molar-refractivity contribution in [3.63, 3.8) is 0 Å². The molecule has 546 valence electrons. The summed E-state index contributed by atoms with van der Waals surface area (Å²) in [7, 11) is 0. The van der Waals surface area contributed by atoms with Crippen LogP contribution in [0.4, 0.5) is 0 Å². The zero-order valence-corrected chi connectivity index (χ0v) is 63.7. The average Bonchev–Trinajstić information content (AvgIpc) is 1.50. The summed E-state index contributed by atoms with van der Waals surface area (Å²) in [5.74, 6) is 1.15. The summed E-state index contributed by atoms with van der Waals surface area (Å²) in [5, 5.41) is 24.5. The number of fused-ring (bicyclic) bond motifs is 24. The Morgan fingerprint density at radius 3 is 1.13 bits per heavy atom. The van der Waals surface area contributed by atoms with Gasteiger partial charge in [-0.15, -0.1) is 20.4 Å². The molecule has 2 aliphatic carbocycles. The summed E-state index contributed by atoms with van der Waals surface area (Å²) in [4.78, 5) is 10.5. The summed E-state index contributed by atoms with van der Waals surface area (Å²) >= 11 is 0. The quantitative estimate of drug-likeness (QED) is 0.136. The van der Waals surface area contributed by atoms with Gasteiger partial charge in [-0.25, -0.2) is 9.97 Å². The van der Waals surface area contributed by atoms with E-state index in [4.69, 9.17) is 25.3 Å².